The molecule has 3 rings (SSSR count). The Bertz CT molecular complexity index is 1070. The number of methoxy groups -OCH3 is 1. The number of hydrogen-bond donors (Lipinski definition) is 2. The Balaban J connectivity index is 2.14. The standard InChI is InChI=1S/C20H17ClN2O4/c1-10-17(11(2)24)15-8-13(20(26)27-3)9-16(18(15)22-10)23-19(25)12-4-6-14(21)7-5-12/h4-9,22H,1-3H3,(H,23,25). The van der Waals surface area contributed by atoms with Crippen LogP contribution >= 0.6 is 11.6 Å². The van der Waals surface area contributed by atoms with Crippen molar-refractivity contribution in [2.75, 3.05) is 12.4 Å². The topological polar surface area (TPSA) is 88.3 Å². The molecule has 1 aromatic heterocycles. The molecule has 0 spiro atoms. The van der Waals surface area contributed by atoms with E-state index in [0.29, 0.717) is 38.4 Å². The summed E-state index contributed by atoms with van der Waals surface area (Å²) in [5, 5.41) is 3.86. The molecule has 3 aromatic rings. The van der Waals surface area contributed by atoms with Gasteiger partial charge in [0.15, 0.2) is 5.78 Å². The van der Waals surface area contributed by atoms with E-state index in [1.165, 1.54) is 20.1 Å². The van der Waals surface area contributed by atoms with Crippen molar-refractivity contribution in [2.45, 2.75) is 13.8 Å². The highest BCUT2D eigenvalue weighted by molar-refractivity contribution is 6.30. The van der Waals surface area contributed by atoms with Gasteiger partial charge in [0, 0.05) is 27.2 Å². The summed E-state index contributed by atoms with van der Waals surface area (Å²) in [5.41, 5.74) is 2.71. The van der Waals surface area contributed by atoms with Crippen molar-refractivity contribution >= 4 is 45.9 Å². The molecule has 0 bridgehead atoms. The minimum atomic E-state index is -0.563. The van der Waals surface area contributed by atoms with Crippen LogP contribution in [0.15, 0.2) is 36.4 Å². The molecule has 0 aliphatic carbocycles. The fraction of sp³-hybridized carbons (Fsp3) is 0.150. The molecule has 1 heterocycles. The lowest BCUT2D eigenvalue weighted by Crippen LogP contribution is -2.13. The van der Waals surface area contributed by atoms with E-state index in [-0.39, 0.29) is 17.3 Å². The van der Waals surface area contributed by atoms with E-state index in [0.717, 1.165) is 0 Å². The predicted molar refractivity (Wildman–Crippen MR) is 104 cm³/mol. The number of halogens is 1. The Morgan fingerprint density at radius 1 is 1.07 bits per heavy atom. The van der Waals surface area contributed by atoms with Gasteiger partial charge < -0.3 is 15.0 Å². The summed E-state index contributed by atoms with van der Waals surface area (Å²) in [6.45, 7) is 3.21. The number of carbonyl (C=O) groups excluding carboxylic acids is 3. The van der Waals surface area contributed by atoms with Crippen molar-refractivity contribution in [1.82, 2.24) is 4.98 Å². The number of benzene rings is 2. The van der Waals surface area contributed by atoms with E-state index in [9.17, 15) is 14.4 Å². The molecular weight excluding hydrogens is 368 g/mol. The highest BCUT2D eigenvalue weighted by atomic mass is 35.5. The molecule has 0 aliphatic heterocycles. The van der Waals surface area contributed by atoms with Crippen molar-refractivity contribution < 1.29 is 19.1 Å². The maximum Gasteiger partial charge on any atom is 0.337 e. The molecule has 2 aromatic carbocycles. The fourth-order valence-corrected chi connectivity index (χ4v) is 3.14. The van der Waals surface area contributed by atoms with Gasteiger partial charge in [-0.3, -0.25) is 9.59 Å². The van der Waals surface area contributed by atoms with Crippen LogP contribution in [0, 0.1) is 6.92 Å². The summed E-state index contributed by atoms with van der Waals surface area (Å²) in [6, 6.07) is 9.52. The molecule has 0 saturated heterocycles. The summed E-state index contributed by atoms with van der Waals surface area (Å²) >= 11 is 5.86. The molecule has 1 amide bonds. The second kappa shape index (κ2) is 7.25. The number of aryl methyl sites for hydroxylation is 1. The summed E-state index contributed by atoms with van der Waals surface area (Å²) in [5.74, 6) is -1.07. The van der Waals surface area contributed by atoms with Crippen LogP contribution in [0.1, 0.15) is 43.7 Å². The highest BCUT2D eigenvalue weighted by Crippen LogP contribution is 2.31. The lowest BCUT2D eigenvalue weighted by Gasteiger charge is -2.09. The van der Waals surface area contributed by atoms with E-state index in [1.54, 1.807) is 37.3 Å². The average Bonchev–Trinajstić information content (AvgIpc) is 2.97. The zero-order valence-electron chi connectivity index (χ0n) is 15.0. The zero-order valence-corrected chi connectivity index (χ0v) is 15.7. The number of amides is 1. The Labute approximate surface area is 160 Å². The number of Topliss-reactive ketones (excluding diaryl/α,β-unsaturated/α-hetero) is 1. The molecule has 138 valence electrons. The lowest BCUT2D eigenvalue weighted by atomic mass is 10.0. The monoisotopic (exact) mass is 384 g/mol. The van der Waals surface area contributed by atoms with E-state index >= 15 is 0 Å². The van der Waals surface area contributed by atoms with Crippen LogP contribution in [0.4, 0.5) is 5.69 Å². The number of rotatable bonds is 4. The van der Waals surface area contributed by atoms with Crippen LogP contribution in [0.25, 0.3) is 10.9 Å². The van der Waals surface area contributed by atoms with Crippen molar-refractivity contribution in [3.05, 3.63) is 63.8 Å². The van der Waals surface area contributed by atoms with Crippen LogP contribution in [-0.2, 0) is 4.74 Å². The van der Waals surface area contributed by atoms with Crippen molar-refractivity contribution in [3.63, 3.8) is 0 Å². The Morgan fingerprint density at radius 3 is 2.33 bits per heavy atom. The average molecular weight is 385 g/mol. The van der Waals surface area contributed by atoms with Gasteiger partial charge in [-0.05, 0) is 50.2 Å². The molecule has 0 fully saturated rings. The third-order valence-corrected chi connectivity index (χ3v) is 4.47. The number of ether oxygens (including phenoxy) is 1. The molecule has 0 unspecified atom stereocenters. The maximum atomic E-state index is 12.6. The van der Waals surface area contributed by atoms with Crippen LogP contribution < -0.4 is 5.32 Å². The SMILES string of the molecule is COC(=O)c1cc(NC(=O)c2ccc(Cl)cc2)c2[nH]c(C)c(C(C)=O)c2c1. The van der Waals surface area contributed by atoms with Gasteiger partial charge in [-0.1, -0.05) is 11.6 Å². The molecular formula is C20H17ClN2O4. The number of carbonyl (C=O) groups is 3. The molecule has 27 heavy (non-hydrogen) atoms. The highest BCUT2D eigenvalue weighted by Gasteiger charge is 2.20. The number of nitrogens with one attached hydrogen (secondary N) is 2. The number of anilines is 1. The number of aromatic nitrogens is 1. The number of H-pyrrole nitrogens is 1. The zero-order chi connectivity index (χ0) is 19.7. The second-order valence-corrected chi connectivity index (χ2v) is 6.52. The van der Waals surface area contributed by atoms with Crippen LogP contribution in [-0.4, -0.2) is 29.8 Å². The number of hydrogen-bond acceptors (Lipinski definition) is 4. The Hall–Kier alpha value is -3.12. The van der Waals surface area contributed by atoms with E-state index in [1.807, 2.05) is 0 Å². The second-order valence-electron chi connectivity index (χ2n) is 6.08. The molecule has 0 atom stereocenters. The smallest absolute Gasteiger partial charge is 0.337 e. The van der Waals surface area contributed by atoms with E-state index < -0.39 is 5.97 Å². The number of aromatic amines is 1. The Kier molecular flexibility index (Phi) is 5.01. The fourth-order valence-electron chi connectivity index (χ4n) is 3.01. The molecule has 0 saturated carbocycles. The molecule has 7 heteroatoms. The molecule has 0 radical (unpaired) electrons. The van der Waals surface area contributed by atoms with Crippen molar-refractivity contribution in [1.29, 1.82) is 0 Å². The number of fused-ring (bicyclic) bond motifs is 1. The summed E-state index contributed by atoms with van der Waals surface area (Å²) < 4.78 is 4.79. The minimum absolute atomic E-state index is 0.143. The number of ketones is 1. The Morgan fingerprint density at radius 2 is 1.74 bits per heavy atom. The van der Waals surface area contributed by atoms with Crippen molar-refractivity contribution in [3.8, 4) is 0 Å². The first-order valence-corrected chi connectivity index (χ1v) is 8.52. The first-order valence-electron chi connectivity index (χ1n) is 8.14. The lowest BCUT2D eigenvalue weighted by molar-refractivity contribution is 0.0600. The van der Waals surface area contributed by atoms with Gasteiger partial charge in [0.25, 0.3) is 5.91 Å². The van der Waals surface area contributed by atoms with Crippen LogP contribution in [0.3, 0.4) is 0 Å². The quantitative estimate of drug-likeness (QED) is 0.516. The first kappa shape index (κ1) is 18.7. The normalized spacial score (nSPS) is 10.7. The minimum Gasteiger partial charge on any atom is -0.465 e. The van der Waals surface area contributed by atoms with Crippen LogP contribution in [0.2, 0.25) is 5.02 Å². The van der Waals surface area contributed by atoms with Crippen LogP contribution in [0.5, 0.6) is 0 Å². The van der Waals surface area contributed by atoms with Gasteiger partial charge in [0.1, 0.15) is 0 Å². The van der Waals surface area contributed by atoms with E-state index in [2.05, 4.69) is 10.3 Å². The summed E-state index contributed by atoms with van der Waals surface area (Å²) in [4.78, 5) is 39.8. The first-order chi connectivity index (χ1) is 12.8. The molecule has 0 aliphatic rings. The van der Waals surface area contributed by atoms with Gasteiger partial charge >= 0.3 is 5.97 Å². The van der Waals surface area contributed by atoms with Crippen molar-refractivity contribution in [2.24, 2.45) is 0 Å². The molecule has 2 N–H and O–H groups in total. The molecule has 6 nitrogen and oxygen atoms in total. The summed E-state index contributed by atoms with van der Waals surface area (Å²) in [7, 11) is 1.27. The number of esters is 1. The third kappa shape index (κ3) is 3.57. The third-order valence-electron chi connectivity index (χ3n) is 4.22. The van der Waals surface area contributed by atoms with Gasteiger partial charge in [0.05, 0.1) is 23.9 Å². The van der Waals surface area contributed by atoms with Gasteiger partial charge in [-0.25, -0.2) is 4.79 Å². The summed E-state index contributed by atoms with van der Waals surface area (Å²) in [6.07, 6.45) is 0. The van der Waals surface area contributed by atoms with Gasteiger partial charge in [-0.15, -0.1) is 0 Å². The van der Waals surface area contributed by atoms with E-state index in [4.69, 9.17) is 16.3 Å². The largest absolute Gasteiger partial charge is 0.465 e. The predicted octanol–water partition coefficient (Wildman–Crippen LogP) is 4.37. The van der Waals surface area contributed by atoms with Gasteiger partial charge in [-0.2, -0.15) is 0 Å². The maximum absolute atomic E-state index is 12.6. The van der Waals surface area contributed by atoms with Gasteiger partial charge in [0.2, 0.25) is 0 Å².